The van der Waals surface area contributed by atoms with E-state index in [1.165, 1.54) is 23.8 Å². The van der Waals surface area contributed by atoms with Gasteiger partial charge in [-0.05, 0) is 25.0 Å². The molecule has 1 N–H and O–H groups in total. The van der Waals surface area contributed by atoms with E-state index >= 15 is 0 Å². The topological polar surface area (TPSA) is 81.5 Å². The van der Waals surface area contributed by atoms with Crippen molar-refractivity contribution in [2.45, 2.75) is 32.3 Å². The van der Waals surface area contributed by atoms with Gasteiger partial charge in [-0.15, -0.1) is 0 Å². The normalized spacial score (nSPS) is 12.9. The van der Waals surface area contributed by atoms with Crippen LogP contribution in [0, 0.1) is 10.1 Å². The highest BCUT2D eigenvalue weighted by Gasteiger charge is 2.19. The Morgan fingerprint density at radius 1 is 1.27 bits per heavy atom. The highest BCUT2D eigenvalue weighted by atomic mass is 35.5. The zero-order valence-corrected chi connectivity index (χ0v) is 15.4. The van der Waals surface area contributed by atoms with Crippen molar-refractivity contribution in [1.29, 1.82) is 0 Å². The van der Waals surface area contributed by atoms with Gasteiger partial charge in [-0.1, -0.05) is 48.9 Å². The Morgan fingerprint density at radius 3 is 2.54 bits per heavy atom. The molecule has 0 aliphatic rings. The van der Waals surface area contributed by atoms with Gasteiger partial charge in [0.15, 0.2) is 6.10 Å². The number of ether oxygens (including phenoxy) is 1. The fraction of sp³-hybridized carbons (Fsp3) is 0.316. The van der Waals surface area contributed by atoms with Gasteiger partial charge in [0.25, 0.3) is 11.6 Å². The van der Waals surface area contributed by atoms with Gasteiger partial charge in [-0.25, -0.2) is 0 Å². The van der Waals surface area contributed by atoms with Crippen LogP contribution in [0.5, 0.6) is 5.75 Å². The number of benzene rings is 2. The summed E-state index contributed by atoms with van der Waals surface area (Å²) in [4.78, 5) is 22.5. The van der Waals surface area contributed by atoms with Crippen LogP contribution in [0.15, 0.2) is 48.5 Å². The molecular weight excluding hydrogens is 356 g/mol. The summed E-state index contributed by atoms with van der Waals surface area (Å²) >= 11 is 5.99. The number of nitrogens with zero attached hydrogens (tertiary/aromatic N) is 1. The number of hydrogen-bond acceptors (Lipinski definition) is 4. The molecule has 0 spiro atoms. The fourth-order valence-electron chi connectivity index (χ4n) is 2.53. The van der Waals surface area contributed by atoms with E-state index in [1.807, 2.05) is 30.3 Å². The molecule has 2 rings (SSSR count). The summed E-state index contributed by atoms with van der Waals surface area (Å²) in [5.74, 6) is 0.180. The molecule has 0 unspecified atom stereocenters. The zero-order valence-electron chi connectivity index (χ0n) is 14.6. The number of carbonyl (C=O) groups excluding carboxylic acids is 1. The molecule has 0 heterocycles. The minimum absolute atomic E-state index is 0.0922. The third-order valence-corrected chi connectivity index (χ3v) is 4.38. The predicted molar refractivity (Wildman–Crippen MR) is 101 cm³/mol. The molecule has 0 saturated heterocycles. The first-order chi connectivity index (χ1) is 12.4. The van der Waals surface area contributed by atoms with Crippen LogP contribution in [0.2, 0.25) is 5.02 Å². The molecule has 138 valence electrons. The fourth-order valence-corrected chi connectivity index (χ4v) is 2.75. The Morgan fingerprint density at radius 2 is 1.96 bits per heavy atom. The molecule has 1 amide bonds. The lowest BCUT2D eigenvalue weighted by Gasteiger charge is -2.19. The van der Waals surface area contributed by atoms with Crippen molar-refractivity contribution in [2.24, 2.45) is 0 Å². The van der Waals surface area contributed by atoms with Gasteiger partial charge in [0.2, 0.25) is 0 Å². The molecule has 0 saturated carbocycles. The average molecular weight is 377 g/mol. The quantitative estimate of drug-likeness (QED) is 0.549. The highest BCUT2D eigenvalue weighted by Crippen LogP contribution is 2.29. The lowest BCUT2D eigenvalue weighted by Crippen LogP contribution is -2.38. The van der Waals surface area contributed by atoms with Crippen molar-refractivity contribution in [3.63, 3.8) is 0 Å². The summed E-state index contributed by atoms with van der Waals surface area (Å²) in [6.45, 7) is 4.18. The molecule has 0 bridgehead atoms. The molecule has 0 radical (unpaired) electrons. The van der Waals surface area contributed by atoms with Gasteiger partial charge in [-0.2, -0.15) is 0 Å². The minimum Gasteiger partial charge on any atom is -0.479 e. The maximum absolute atomic E-state index is 12.3. The SMILES string of the molecule is CC[C@@H](CNC(=O)[C@@H](C)Oc1ccc([N+](=O)[O-])cc1Cl)c1ccccc1. The molecule has 0 fully saturated rings. The Labute approximate surface area is 157 Å². The van der Waals surface area contributed by atoms with Crippen LogP contribution >= 0.6 is 11.6 Å². The Kier molecular flexibility index (Phi) is 6.97. The van der Waals surface area contributed by atoms with Crippen LogP contribution in [0.4, 0.5) is 5.69 Å². The minimum atomic E-state index is -0.776. The number of halogens is 1. The molecule has 0 aliphatic heterocycles. The summed E-state index contributed by atoms with van der Waals surface area (Å²) in [6, 6.07) is 13.9. The summed E-state index contributed by atoms with van der Waals surface area (Å²) in [5, 5.41) is 13.7. The maximum Gasteiger partial charge on any atom is 0.271 e. The molecule has 2 aromatic rings. The van der Waals surface area contributed by atoms with Gasteiger partial charge in [-0.3, -0.25) is 14.9 Å². The summed E-state index contributed by atoms with van der Waals surface area (Å²) in [6.07, 6.45) is 0.121. The van der Waals surface area contributed by atoms with Crippen molar-refractivity contribution in [3.8, 4) is 5.75 Å². The third kappa shape index (κ3) is 5.20. The van der Waals surface area contributed by atoms with Gasteiger partial charge < -0.3 is 10.1 Å². The van der Waals surface area contributed by atoms with Crippen molar-refractivity contribution < 1.29 is 14.5 Å². The number of carbonyl (C=O) groups is 1. The zero-order chi connectivity index (χ0) is 19.1. The monoisotopic (exact) mass is 376 g/mol. The molecule has 2 atom stereocenters. The van der Waals surface area contributed by atoms with Crippen molar-refractivity contribution >= 4 is 23.2 Å². The Hall–Kier alpha value is -2.60. The second kappa shape index (κ2) is 9.20. The molecule has 0 aromatic heterocycles. The van der Waals surface area contributed by atoms with E-state index in [2.05, 4.69) is 12.2 Å². The predicted octanol–water partition coefficient (Wildman–Crippen LogP) is 4.33. The third-order valence-electron chi connectivity index (χ3n) is 4.09. The van der Waals surface area contributed by atoms with E-state index in [0.29, 0.717) is 6.54 Å². The first-order valence-corrected chi connectivity index (χ1v) is 8.73. The second-order valence-corrected chi connectivity index (χ2v) is 6.30. The van der Waals surface area contributed by atoms with Gasteiger partial charge in [0.05, 0.1) is 9.95 Å². The van der Waals surface area contributed by atoms with Crippen molar-refractivity contribution in [2.75, 3.05) is 6.54 Å². The van der Waals surface area contributed by atoms with E-state index in [-0.39, 0.29) is 28.3 Å². The largest absolute Gasteiger partial charge is 0.479 e. The van der Waals surface area contributed by atoms with Crippen molar-refractivity contribution in [3.05, 3.63) is 69.2 Å². The average Bonchev–Trinajstić information content (AvgIpc) is 2.64. The second-order valence-electron chi connectivity index (χ2n) is 5.89. The van der Waals surface area contributed by atoms with Crippen LogP contribution in [0.3, 0.4) is 0 Å². The van der Waals surface area contributed by atoms with Crippen LogP contribution in [-0.4, -0.2) is 23.5 Å². The smallest absolute Gasteiger partial charge is 0.271 e. The first-order valence-electron chi connectivity index (χ1n) is 8.35. The van der Waals surface area contributed by atoms with Gasteiger partial charge in [0, 0.05) is 24.6 Å². The molecule has 6 nitrogen and oxygen atoms in total. The standard InChI is InChI=1S/C19H21ClN2O4/c1-3-14(15-7-5-4-6-8-15)12-21-19(23)13(2)26-18-10-9-16(22(24)25)11-17(18)20/h4-11,13-14H,3,12H2,1-2H3,(H,21,23)/t13-,14+/m1/s1. The van der Waals surface area contributed by atoms with E-state index in [9.17, 15) is 14.9 Å². The first kappa shape index (κ1) is 19.7. The van der Waals surface area contributed by atoms with Crippen LogP contribution in [0.25, 0.3) is 0 Å². The van der Waals surface area contributed by atoms with E-state index in [0.717, 1.165) is 6.42 Å². The van der Waals surface area contributed by atoms with E-state index < -0.39 is 11.0 Å². The van der Waals surface area contributed by atoms with Crippen LogP contribution < -0.4 is 10.1 Å². The van der Waals surface area contributed by atoms with E-state index in [4.69, 9.17) is 16.3 Å². The number of nitrogens with one attached hydrogen (secondary N) is 1. The number of rotatable bonds is 8. The summed E-state index contributed by atoms with van der Waals surface area (Å²) in [7, 11) is 0. The number of non-ortho nitro benzene ring substituents is 1. The Balaban J connectivity index is 1.94. The molecule has 26 heavy (non-hydrogen) atoms. The highest BCUT2D eigenvalue weighted by molar-refractivity contribution is 6.32. The number of nitro groups is 1. The lowest BCUT2D eigenvalue weighted by molar-refractivity contribution is -0.384. The number of hydrogen-bond donors (Lipinski definition) is 1. The molecule has 7 heteroatoms. The number of amides is 1. The van der Waals surface area contributed by atoms with Gasteiger partial charge >= 0.3 is 0 Å². The van der Waals surface area contributed by atoms with Crippen LogP contribution in [-0.2, 0) is 4.79 Å². The maximum atomic E-state index is 12.3. The molecular formula is C19H21ClN2O4. The van der Waals surface area contributed by atoms with Crippen molar-refractivity contribution in [1.82, 2.24) is 5.32 Å². The lowest BCUT2D eigenvalue weighted by atomic mass is 9.96. The Bertz CT molecular complexity index is 767. The number of nitro benzene ring substituents is 1. The molecule has 0 aliphatic carbocycles. The summed E-state index contributed by atoms with van der Waals surface area (Å²) in [5.41, 5.74) is 1.04. The van der Waals surface area contributed by atoms with Gasteiger partial charge in [0.1, 0.15) is 5.75 Å². The molecule has 2 aromatic carbocycles. The summed E-state index contributed by atoms with van der Waals surface area (Å²) < 4.78 is 5.55. The van der Waals surface area contributed by atoms with Crippen LogP contribution in [0.1, 0.15) is 31.7 Å². The van der Waals surface area contributed by atoms with E-state index in [1.54, 1.807) is 6.92 Å².